The number of nitrogens with zero attached hydrogens (tertiary/aromatic N) is 2. The fourth-order valence-corrected chi connectivity index (χ4v) is 4.63. The van der Waals surface area contributed by atoms with Crippen molar-refractivity contribution in [2.24, 2.45) is 0 Å². The largest absolute Gasteiger partial charge is 0.497 e. The molecule has 6 nitrogen and oxygen atoms in total. The van der Waals surface area contributed by atoms with Gasteiger partial charge in [-0.2, -0.15) is 4.31 Å². The van der Waals surface area contributed by atoms with Gasteiger partial charge < -0.3 is 14.4 Å². The molecule has 2 aromatic carbocycles. The maximum atomic E-state index is 12.8. The fraction of sp³-hybridized carbons (Fsp3) is 0.400. The third-order valence-corrected chi connectivity index (χ3v) is 6.79. The van der Waals surface area contributed by atoms with Gasteiger partial charge in [-0.25, -0.2) is 8.42 Å². The normalized spacial score (nSPS) is 16.2. The van der Waals surface area contributed by atoms with E-state index in [0.29, 0.717) is 23.7 Å². The van der Waals surface area contributed by atoms with Crippen molar-refractivity contribution < 1.29 is 17.9 Å². The van der Waals surface area contributed by atoms with Crippen molar-refractivity contribution in [1.82, 2.24) is 9.21 Å². The first-order valence-corrected chi connectivity index (χ1v) is 10.5. The monoisotopic (exact) mass is 390 g/mol. The van der Waals surface area contributed by atoms with E-state index in [0.717, 1.165) is 31.8 Å². The Morgan fingerprint density at radius 3 is 2.19 bits per heavy atom. The molecule has 1 saturated heterocycles. The Kier molecular flexibility index (Phi) is 6.36. The number of hydrogen-bond acceptors (Lipinski definition) is 5. The van der Waals surface area contributed by atoms with Gasteiger partial charge in [-0.05, 0) is 48.4 Å². The van der Waals surface area contributed by atoms with Gasteiger partial charge in [0.15, 0.2) is 0 Å². The SMILES string of the molecule is COc1ccc(S(=O)(=O)N2CCN(CCc3cccc(OC)c3)CC2)cc1. The van der Waals surface area contributed by atoms with E-state index in [9.17, 15) is 8.42 Å². The van der Waals surface area contributed by atoms with Crippen molar-refractivity contribution in [3.05, 3.63) is 54.1 Å². The van der Waals surface area contributed by atoms with Crippen molar-refractivity contribution in [3.63, 3.8) is 0 Å². The average Bonchev–Trinajstić information content (AvgIpc) is 2.72. The Labute approximate surface area is 161 Å². The van der Waals surface area contributed by atoms with Crippen molar-refractivity contribution in [3.8, 4) is 11.5 Å². The first kappa shape index (κ1) is 19.7. The molecule has 0 aliphatic carbocycles. The molecule has 2 aromatic rings. The van der Waals surface area contributed by atoms with Crippen LogP contribution in [-0.2, 0) is 16.4 Å². The minimum atomic E-state index is -3.45. The summed E-state index contributed by atoms with van der Waals surface area (Å²) in [5.74, 6) is 1.51. The number of rotatable bonds is 7. The van der Waals surface area contributed by atoms with Crippen LogP contribution < -0.4 is 9.47 Å². The summed E-state index contributed by atoms with van der Waals surface area (Å²) in [7, 11) is -0.220. The summed E-state index contributed by atoms with van der Waals surface area (Å²) >= 11 is 0. The molecule has 0 radical (unpaired) electrons. The lowest BCUT2D eigenvalue weighted by molar-refractivity contribution is 0.190. The smallest absolute Gasteiger partial charge is 0.243 e. The van der Waals surface area contributed by atoms with E-state index in [1.54, 1.807) is 42.8 Å². The van der Waals surface area contributed by atoms with Crippen molar-refractivity contribution in [2.75, 3.05) is 46.9 Å². The molecule has 0 N–H and O–H groups in total. The molecule has 1 fully saturated rings. The van der Waals surface area contributed by atoms with Crippen molar-refractivity contribution >= 4 is 10.0 Å². The number of ether oxygens (including phenoxy) is 2. The van der Waals surface area contributed by atoms with E-state index in [-0.39, 0.29) is 0 Å². The zero-order valence-electron chi connectivity index (χ0n) is 15.8. The summed E-state index contributed by atoms with van der Waals surface area (Å²) in [6.45, 7) is 3.39. The summed E-state index contributed by atoms with van der Waals surface area (Å²) in [6, 6.07) is 14.6. The van der Waals surface area contributed by atoms with E-state index in [2.05, 4.69) is 11.0 Å². The zero-order valence-corrected chi connectivity index (χ0v) is 16.6. The average molecular weight is 391 g/mol. The minimum absolute atomic E-state index is 0.313. The standard InChI is InChI=1S/C20H26N2O4S/c1-25-18-6-8-20(9-7-18)27(23,24)22-14-12-21(13-15-22)11-10-17-4-3-5-19(16-17)26-2/h3-9,16H,10-15H2,1-2H3. The van der Waals surface area contributed by atoms with Crippen molar-refractivity contribution in [2.45, 2.75) is 11.3 Å². The predicted molar refractivity (Wildman–Crippen MR) is 105 cm³/mol. The molecule has 7 heteroatoms. The van der Waals surface area contributed by atoms with Crippen LogP contribution >= 0.6 is 0 Å². The fourth-order valence-electron chi connectivity index (χ4n) is 3.21. The van der Waals surface area contributed by atoms with Gasteiger partial charge in [0.05, 0.1) is 19.1 Å². The Morgan fingerprint density at radius 2 is 1.56 bits per heavy atom. The van der Waals surface area contributed by atoms with Crippen LogP contribution in [0.1, 0.15) is 5.56 Å². The van der Waals surface area contributed by atoms with Gasteiger partial charge in [0.25, 0.3) is 0 Å². The predicted octanol–water partition coefficient (Wildman–Crippen LogP) is 2.25. The van der Waals surface area contributed by atoms with E-state index in [1.807, 2.05) is 18.2 Å². The molecule has 0 aromatic heterocycles. The number of piperazine rings is 1. The number of sulfonamides is 1. The van der Waals surface area contributed by atoms with Crippen LogP contribution in [0.15, 0.2) is 53.4 Å². The van der Waals surface area contributed by atoms with Gasteiger partial charge in [0, 0.05) is 32.7 Å². The lowest BCUT2D eigenvalue weighted by Gasteiger charge is -2.34. The van der Waals surface area contributed by atoms with Crippen LogP contribution in [0.25, 0.3) is 0 Å². The Hall–Kier alpha value is -2.09. The molecule has 0 amide bonds. The van der Waals surface area contributed by atoms with Crippen LogP contribution in [0.2, 0.25) is 0 Å². The first-order valence-electron chi connectivity index (χ1n) is 9.02. The first-order chi connectivity index (χ1) is 13.0. The van der Waals surface area contributed by atoms with Crippen LogP contribution in [0, 0.1) is 0 Å². The molecule has 1 heterocycles. The molecule has 3 rings (SSSR count). The van der Waals surface area contributed by atoms with E-state index in [1.165, 1.54) is 5.56 Å². The van der Waals surface area contributed by atoms with E-state index < -0.39 is 10.0 Å². The molecule has 0 saturated carbocycles. The maximum absolute atomic E-state index is 12.8. The summed E-state index contributed by atoms with van der Waals surface area (Å²) in [4.78, 5) is 2.62. The molecule has 146 valence electrons. The summed E-state index contributed by atoms with van der Waals surface area (Å²) in [5, 5.41) is 0. The lowest BCUT2D eigenvalue weighted by Crippen LogP contribution is -2.48. The number of hydrogen-bond donors (Lipinski definition) is 0. The molecule has 0 atom stereocenters. The molecule has 1 aliphatic rings. The van der Waals surface area contributed by atoms with Crippen molar-refractivity contribution in [1.29, 1.82) is 0 Å². The summed E-state index contributed by atoms with van der Waals surface area (Å²) < 4.78 is 37.5. The Morgan fingerprint density at radius 1 is 0.889 bits per heavy atom. The molecule has 0 spiro atoms. The second-order valence-corrected chi connectivity index (χ2v) is 8.46. The van der Waals surface area contributed by atoms with Gasteiger partial charge in [-0.1, -0.05) is 12.1 Å². The quantitative estimate of drug-likeness (QED) is 0.726. The molecule has 0 unspecified atom stereocenters. The van der Waals surface area contributed by atoms with E-state index in [4.69, 9.17) is 9.47 Å². The Bertz CT molecular complexity index is 845. The van der Waals surface area contributed by atoms with Gasteiger partial charge in [0.1, 0.15) is 11.5 Å². The Balaban J connectivity index is 1.54. The molecule has 1 aliphatic heterocycles. The molecule has 0 bridgehead atoms. The van der Waals surface area contributed by atoms with E-state index >= 15 is 0 Å². The van der Waals surface area contributed by atoms with Gasteiger partial charge in [0.2, 0.25) is 10.0 Å². The third kappa shape index (κ3) is 4.80. The highest BCUT2D eigenvalue weighted by Crippen LogP contribution is 2.21. The van der Waals surface area contributed by atoms with Crippen LogP contribution in [0.5, 0.6) is 11.5 Å². The summed E-state index contributed by atoms with van der Waals surface area (Å²) in [6.07, 6.45) is 0.919. The molecular formula is C20H26N2O4S. The highest BCUT2D eigenvalue weighted by Gasteiger charge is 2.28. The number of methoxy groups -OCH3 is 2. The summed E-state index contributed by atoms with van der Waals surface area (Å²) in [5.41, 5.74) is 1.22. The number of benzene rings is 2. The second-order valence-electron chi connectivity index (χ2n) is 6.52. The van der Waals surface area contributed by atoms with Crippen LogP contribution in [0.3, 0.4) is 0 Å². The zero-order chi connectivity index (χ0) is 19.3. The highest BCUT2D eigenvalue weighted by molar-refractivity contribution is 7.89. The third-order valence-electron chi connectivity index (χ3n) is 4.88. The minimum Gasteiger partial charge on any atom is -0.497 e. The van der Waals surface area contributed by atoms with Crippen LogP contribution in [0.4, 0.5) is 0 Å². The molecule has 27 heavy (non-hydrogen) atoms. The topological polar surface area (TPSA) is 59.1 Å². The molecular weight excluding hydrogens is 364 g/mol. The van der Waals surface area contributed by atoms with Gasteiger partial charge in [-0.3, -0.25) is 0 Å². The lowest BCUT2D eigenvalue weighted by atomic mass is 10.1. The van der Waals surface area contributed by atoms with Gasteiger partial charge >= 0.3 is 0 Å². The maximum Gasteiger partial charge on any atom is 0.243 e. The highest BCUT2D eigenvalue weighted by atomic mass is 32.2. The van der Waals surface area contributed by atoms with Crippen LogP contribution in [-0.4, -0.2) is 64.6 Å². The second kappa shape index (κ2) is 8.73. The van der Waals surface area contributed by atoms with Gasteiger partial charge in [-0.15, -0.1) is 0 Å².